The Balaban J connectivity index is 4.24. The van der Waals surface area contributed by atoms with Crippen molar-refractivity contribution in [2.75, 3.05) is 6.61 Å². The predicted molar refractivity (Wildman–Crippen MR) is 41.8 cm³/mol. The maximum atomic E-state index is 10.5. The molecule has 0 fully saturated rings. The summed E-state index contributed by atoms with van der Waals surface area (Å²) in [4.78, 5) is 10.5. The third-order valence-electron chi connectivity index (χ3n) is 1.67. The van der Waals surface area contributed by atoms with E-state index in [0.717, 1.165) is 6.92 Å². The molecule has 0 aromatic carbocycles. The SMILES string of the molecule is CC(=O)[C@H](O)[C@@H](O)[C@H](O)C(O)CO. The minimum absolute atomic E-state index is 0.725. The van der Waals surface area contributed by atoms with Crippen molar-refractivity contribution in [2.24, 2.45) is 0 Å². The average Bonchev–Trinajstić information content (AvgIpc) is 2.12. The van der Waals surface area contributed by atoms with Gasteiger partial charge in [-0.25, -0.2) is 0 Å². The van der Waals surface area contributed by atoms with Crippen molar-refractivity contribution < 1.29 is 30.3 Å². The number of carbonyl (C=O) groups excluding carboxylic acids is 1. The Morgan fingerprint density at radius 3 is 1.92 bits per heavy atom. The van der Waals surface area contributed by atoms with Gasteiger partial charge >= 0.3 is 0 Å². The quantitative estimate of drug-likeness (QED) is 0.318. The smallest absolute Gasteiger partial charge is 0.160 e. The van der Waals surface area contributed by atoms with Gasteiger partial charge in [0, 0.05) is 0 Å². The van der Waals surface area contributed by atoms with Crippen LogP contribution in [0, 0.1) is 0 Å². The number of hydrogen-bond donors (Lipinski definition) is 5. The molecule has 0 saturated carbocycles. The van der Waals surface area contributed by atoms with E-state index in [1.807, 2.05) is 0 Å². The highest BCUT2D eigenvalue weighted by molar-refractivity contribution is 5.80. The van der Waals surface area contributed by atoms with Gasteiger partial charge in [0.05, 0.1) is 6.61 Å². The molecule has 0 spiro atoms. The zero-order chi connectivity index (χ0) is 10.6. The number of ketones is 1. The van der Waals surface area contributed by atoms with E-state index in [-0.39, 0.29) is 0 Å². The van der Waals surface area contributed by atoms with E-state index in [0.29, 0.717) is 0 Å². The minimum Gasteiger partial charge on any atom is -0.394 e. The van der Waals surface area contributed by atoms with Gasteiger partial charge in [-0.3, -0.25) is 4.79 Å². The average molecular weight is 194 g/mol. The van der Waals surface area contributed by atoms with Gasteiger partial charge in [0.1, 0.15) is 24.4 Å². The molecule has 0 aliphatic heterocycles. The van der Waals surface area contributed by atoms with Crippen molar-refractivity contribution in [3.05, 3.63) is 0 Å². The summed E-state index contributed by atoms with van der Waals surface area (Å²) in [5.74, 6) is -0.725. The Morgan fingerprint density at radius 1 is 1.15 bits per heavy atom. The van der Waals surface area contributed by atoms with Crippen LogP contribution in [0.15, 0.2) is 0 Å². The van der Waals surface area contributed by atoms with Crippen molar-refractivity contribution in [1.29, 1.82) is 0 Å². The summed E-state index contributed by atoms with van der Waals surface area (Å²) in [6, 6.07) is 0. The molecular weight excluding hydrogens is 180 g/mol. The maximum absolute atomic E-state index is 10.5. The van der Waals surface area contributed by atoms with E-state index in [1.54, 1.807) is 0 Å². The standard InChI is InChI=1S/C7H14O6/c1-3(9)5(11)7(13)6(12)4(10)2-8/h4-8,10-13H,2H2,1H3/t4?,5-,6+,7+/m0/s1. The van der Waals surface area contributed by atoms with Crippen molar-refractivity contribution in [3.63, 3.8) is 0 Å². The van der Waals surface area contributed by atoms with Crippen LogP contribution in [0.3, 0.4) is 0 Å². The van der Waals surface area contributed by atoms with Gasteiger partial charge in [0.2, 0.25) is 0 Å². The van der Waals surface area contributed by atoms with Crippen LogP contribution in [0.1, 0.15) is 6.92 Å². The highest BCUT2D eigenvalue weighted by atomic mass is 16.4. The number of rotatable bonds is 5. The molecule has 0 amide bonds. The van der Waals surface area contributed by atoms with Gasteiger partial charge < -0.3 is 25.5 Å². The Hall–Kier alpha value is -0.530. The first kappa shape index (κ1) is 12.5. The van der Waals surface area contributed by atoms with Gasteiger partial charge in [-0.2, -0.15) is 0 Å². The monoisotopic (exact) mass is 194 g/mol. The lowest BCUT2D eigenvalue weighted by molar-refractivity contribution is -0.145. The molecule has 4 atom stereocenters. The summed E-state index contributed by atoms with van der Waals surface area (Å²) in [7, 11) is 0. The highest BCUT2D eigenvalue weighted by Gasteiger charge is 2.32. The van der Waals surface area contributed by atoms with E-state index < -0.39 is 36.8 Å². The number of carbonyl (C=O) groups is 1. The molecule has 5 N–H and O–H groups in total. The second-order valence-corrected chi connectivity index (χ2v) is 2.79. The highest BCUT2D eigenvalue weighted by Crippen LogP contribution is 2.05. The van der Waals surface area contributed by atoms with Crippen LogP contribution in [0.2, 0.25) is 0 Å². The van der Waals surface area contributed by atoms with Crippen molar-refractivity contribution >= 4 is 5.78 Å². The lowest BCUT2D eigenvalue weighted by Gasteiger charge is -2.23. The molecule has 0 radical (unpaired) electrons. The molecule has 0 aliphatic carbocycles. The lowest BCUT2D eigenvalue weighted by atomic mass is 10.0. The van der Waals surface area contributed by atoms with Crippen LogP contribution in [0.5, 0.6) is 0 Å². The fraction of sp³-hybridized carbons (Fsp3) is 0.857. The molecule has 0 saturated heterocycles. The van der Waals surface area contributed by atoms with Gasteiger partial charge in [0.15, 0.2) is 5.78 Å². The topological polar surface area (TPSA) is 118 Å². The fourth-order valence-corrected chi connectivity index (χ4v) is 0.763. The van der Waals surface area contributed by atoms with Crippen molar-refractivity contribution in [2.45, 2.75) is 31.3 Å². The van der Waals surface area contributed by atoms with Gasteiger partial charge in [-0.05, 0) is 6.92 Å². The van der Waals surface area contributed by atoms with E-state index >= 15 is 0 Å². The van der Waals surface area contributed by atoms with Crippen LogP contribution in [-0.4, -0.2) is 62.3 Å². The molecule has 6 heteroatoms. The number of Topliss-reactive ketones (excluding diaryl/α,β-unsaturated/α-hetero) is 1. The summed E-state index contributed by atoms with van der Waals surface area (Å²) in [5.41, 5.74) is 0. The van der Waals surface area contributed by atoms with Crippen LogP contribution in [-0.2, 0) is 4.79 Å². The van der Waals surface area contributed by atoms with E-state index in [4.69, 9.17) is 25.5 Å². The second kappa shape index (κ2) is 5.25. The largest absolute Gasteiger partial charge is 0.394 e. The molecule has 0 aliphatic rings. The summed E-state index contributed by atoms with van der Waals surface area (Å²) in [6.07, 6.45) is -6.87. The Bertz CT molecular complexity index is 170. The maximum Gasteiger partial charge on any atom is 0.160 e. The molecule has 6 nitrogen and oxygen atoms in total. The van der Waals surface area contributed by atoms with Crippen molar-refractivity contribution in [1.82, 2.24) is 0 Å². The first-order valence-electron chi connectivity index (χ1n) is 3.75. The molecule has 13 heavy (non-hydrogen) atoms. The Morgan fingerprint density at radius 2 is 1.62 bits per heavy atom. The first-order valence-corrected chi connectivity index (χ1v) is 3.75. The van der Waals surface area contributed by atoms with Gasteiger partial charge in [-0.1, -0.05) is 0 Å². The zero-order valence-corrected chi connectivity index (χ0v) is 7.16. The van der Waals surface area contributed by atoms with Crippen molar-refractivity contribution in [3.8, 4) is 0 Å². The molecule has 0 bridgehead atoms. The number of aliphatic hydroxyl groups excluding tert-OH is 5. The summed E-state index contributed by atoms with van der Waals surface area (Å²) < 4.78 is 0. The summed E-state index contributed by atoms with van der Waals surface area (Å²) in [5, 5.41) is 44.3. The van der Waals surface area contributed by atoms with E-state index in [2.05, 4.69) is 0 Å². The van der Waals surface area contributed by atoms with E-state index in [1.165, 1.54) is 0 Å². The zero-order valence-electron chi connectivity index (χ0n) is 7.16. The number of hydrogen-bond acceptors (Lipinski definition) is 6. The molecule has 78 valence electrons. The Labute approximate surface area is 75.1 Å². The number of aliphatic hydroxyl groups is 5. The fourth-order valence-electron chi connectivity index (χ4n) is 0.763. The van der Waals surface area contributed by atoms with Gasteiger partial charge in [0.25, 0.3) is 0 Å². The molecule has 0 aromatic heterocycles. The van der Waals surface area contributed by atoms with Crippen LogP contribution in [0.25, 0.3) is 0 Å². The Kier molecular flexibility index (Phi) is 5.04. The van der Waals surface area contributed by atoms with E-state index in [9.17, 15) is 4.79 Å². The molecule has 0 aromatic rings. The molecule has 0 heterocycles. The minimum atomic E-state index is -1.79. The lowest BCUT2D eigenvalue weighted by Crippen LogP contribution is -2.48. The summed E-state index contributed by atoms with van der Waals surface area (Å²) in [6.45, 7) is 0.273. The van der Waals surface area contributed by atoms with Crippen LogP contribution in [0.4, 0.5) is 0 Å². The van der Waals surface area contributed by atoms with Gasteiger partial charge in [-0.15, -0.1) is 0 Å². The second-order valence-electron chi connectivity index (χ2n) is 2.79. The molecule has 0 rings (SSSR count). The molecular formula is C7H14O6. The predicted octanol–water partition coefficient (Wildman–Crippen LogP) is -2.99. The summed E-state index contributed by atoms with van der Waals surface area (Å²) >= 11 is 0. The molecule has 1 unspecified atom stereocenters. The first-order chi connectivity index (χ1) is 5.91. The third-order valence-corrected chi connectivity index (χ3v) is 1.67. The third kappa shape index (κ3) is 3.37. The van der Waals surface area contributed by atoms with Crippen LogP contribution >= 0.6 is 0 Å². The normalized spacial score (nSPS) is 20.5. The van der Waals surface area contributed by atoms with Crippen LogP contribution < -0.4 is 0 Å².